The van der Waals surface area contributed by atoms with Gasteiger partial charge in [0.25, 0.3) is 15.9 Å². The first-order valence-electron chi connectivity index (χ1n) is 11.9. The Morgan fingerprint density at radius 3 is 2.08 bits per heavy atom. The molecule has 0 aromatic heterocycles. The minimum atomic E-state index is -4.01. The maximum Gasteiger partial charge on any atom is 0.261 e. The second-order valence-electron chi connectivity index (χ2n) is 8.71. The van der Waals surface area contributed by atoms with E-state index in [1.54, 1.807) is 11.0 Å². The molecule has 0 atom stereocenters. The molecule has 0 unspecified atom stereocenters. The van der Waals surface area contributed by atoms with Gasteiger partial charge in [0, 0.05) is 36.8 Å². The smallest absolute Gasteiger partial charge is 0.261 e. The first kappa shape index (κ1) is 26.9. The SMILES string of the molecule is CSc1ccc(S(=O)(=O)Nc2ccc(S(=O)(=O)N3CCCCCC3)cc2)cc1C(=O)N1CCOCC1. The fourth-order valence-corrected chi connectivity index (χ4v) is 7.47. The van der Waals surface area contributed by atoms with E-state index in [0.717, 1.165) is 25.7 Å². The number of benzene rings is 2. The van der Waals surface area contributed by atoms with Crippen molar-refractivity contribution in [2.75, 3.05) is 50.4 Å². The average molecular weight is 554 g/mol. The number of amides is 1. The van der Waals surface area contributed by atoms with Gasteiger partial charge >= 0.3 is 0 Å². The van der Waals surface area contributed by atoms with E-state index in [9.17, 15) is 21.6 Å². The molecule has 1 N–H and O–H groups in total. The lowest BCUT2D eigenvalue weighted by Gasteiger charge is -2.27. The first-order chi connectivity index (χ1) is 17.2. The van der Waals surface area contributed by atoms with E-state index in [1.807, 2.05) is 6.26 Å². The summed E-state index contributed by atoms with van der Waals surface area (Å²) in [5.41, 5.74) is 0.561. The second-order valence-corrected chi connectivity index (χ2v) is 13.2. The maximum atomic E-state index is 13.1. The fraction of sp³-hybridized carbons (Fsp3) is 0.458. The summed E-state index contributed by atoms with van der Waals surface area (Å²) in [5, 5.41) is 0. The molecule has 2 heterocycles. The Hall–Kier alpha value is -2.12. The molecule has 0 aliphatic carbocycles. The van der Waals surface area contributed by atoms with Crippen molar-refractivity contribution in [2.24, 2.45) is 0 Å². The standard InChI is InChI=1S/C24H31N3O6S3/c1-34-23-11-10-21(18-22(23)24(28)26-14-16-33-17-15-26)35(29,30)25-19-6-8-20(9-7-19)36(31,32)27-12-4-2-3-5-13-27/h6-11,18,25H,2-5,12-17H2,1H3. The first-order valence-corrected chi connectivity index (χ1v) is 16.1. The van der Waals surface area contributed by atoms with Crippen LogP contribution in [0.2, 0.25) is 0 Å². The average Bonchev–Trinajstić information content (AvgIpc) is 3.19. The van der Waals surface area contributed by atoms with E-state index >= 15 is 0 Å². The Kier molecular flexibility index (Phi) is 8.61. The Balaban J connectivity index is 1.53. The fourth-order valence-electron chi connectivity index (χ4n) is 4.30. The summed E-state index contributed by atoms with van der Waals surface area (Å²) in [6.45, 7) is 2.79. The molecular weight excluding hydrogens is 522 g/mol. The predicted molar refractivity (Wildman–Crippen MR) is 139 cm³/mol. The highest BCUT2D eigenvalue weighted by atomic mass is 32.2. The highest BCUT2D eigenvalue weighted by Gasteiger charge is 2.26. The van der Waals surface area contributed by atoms with Gasteiger partial charge in [0.05, 0.1) is 28.6 Å². The number of hydrogen-bond acceptors (Lipinski definition) is 7. The van der Waals surface area contributed by atoms with E-state index in [1.165, 1.54) is 52.5 Å². The molecule has 2 aliphatic heterocycles. The van der Waals surface area contributed by atoms with Crippen molar-refractivity contribution in [3.8, 4) is 0 Å². The van der Waals surface area contributed by atoms with E-state index in [-0.39, 0.29) is 21.4 Å². The van der Waals surface area contributed by atoms with Crippen molar-refractivity contribution < 1.29 is 26.4 Å². The van der Waals surface area contributed by atoms with E-state index in [0.29, 0.717) is 49.9 Å². The van der Waals surface area contributed by atoms with Crippen LogP contribution < -0.4 is 4.72 Å². The quantitative estimate of drug-likeness (QED) is 0.524. The molecule has 0 radical (unpaired) electrons. The molecule has 2 aromatic rings. The lowest BCUT2D eigenvalue weighted by atomic mass is 10.2. The predicted octanol–water partition coefficient (Wildman–Crippen LogP) is 3.25. The summed E-state index contributed by atoms with van der Waals surface area (Å²) in [6, 6.07) is 10.2. The van der Waals surface area contributed by atoms with Crippen LogP contribution in [0.15, 0.2) is 57.2 Å². The Bertz CT molecular complexity index is 1280. The minimum Gasteiger partial charge on any atom is -0.378 e. The number of nitrogens with zero attached hydrogens (tertiary/aromatic N) is 2. The zero-order chi connectivity index (χ0) is 25.8. The molecule has 0 saturated carbocycles. The Morgan fingerprint density at radius 1 is 0.861 bits per heavy atom. The van der Waals surface area contributed by atoms with Crippen LogP contribution in [0.1, 0.15) is 36.0 Å². The lowest BCUT2D eigenvalue weighted by Crippen LogP contribution is -2.40. The summed E-state index contributed by atoms with van der Waals surface area (Å²) in [4.78, 5) is 15.5. The Morgan fingerprint density at radius 2 is 1.47 bits per heavy atom. The van der Waals surface area contributed by atoms with Gasteiger partial charge in [-0.15, -0.1) is 11.8 Å². The van der Waals surface area contributed by atoms with Gasteiger partial charge in [-0.05, 0) is 61.6 Å². The summed E-state index contributed by atoms with van der Waals surface area (Å²) < 4.78 is 61.6. The van der Waals surface area contributed by atoms with Gasteiger partial charge in [-0.25, -0.2) is 16.8 Å². The summed E-state index contributed by atoms with van der Waals surface area (Å²) in [6.07, 6.45) is 5.54. The molecule has 36 heavy (non-hydrogen) atoms. The zero-order valence-corrected chi connectivity index (χ0v) is 22.6. The van der Waals surface area contributed by atoms with Gasteiger partial charge in [0.1, 0.15) is 0 Å². The normalized spacial score (nSPS) is 18.0. The molecule has 2 fully saturated rings. The number of nitrogens with one attached hydrogen (secondary N) is 1. The molecule has 2 aliphatic rings. The summed E-state index contributed by atoms with van der Waals surface area (Å²) >= 11 is 1.37. The van der Waals surface area contributed by atoms with Gasteiger partial charge < -0.3 is 9.64 Å². The number of morpholine rings is 1. The number of rotatable bonds is 7. The molecule has 0 spiro atoms. The minimum absolute atomic E-state index is 0.0434. The summed E-state index contributed by atoms with van der Waals surface area (Å²) in [5.74, 6) is -0.234. The van der Waals surface area contributed by atoms with Gasteiger partial charge in [-0.1, -0.05) is 12.8 Å². The monoisotopic (exact) mass is 553 g/mol. The van der Waals surface area contributed by atoms with Crippen LogP contribution >= 0.6 is 11.8 Å². The number of thioether (sulfide) groups is 1. The number of carbonyl (C=O) groups excluding carboxylic acids is 1. The number of sulfonamides is 2. The van der Waals surface area contributed by atoms with Crippen molar-refractivity contribution in [3.05, 3.63) is 48.0 Å². The number of anilines is 1. The molecular formula is C24H31N3O6S3. The molecule has 0 bridgehead atoms. The maximum absolute atomic E-state index is 13.1. The largest absolute Gasteiger partial charge is 0.378 e. The van der Waals surface area contributed by atoms with Crippen molar-refractivity contribution in [1.29, 1.82) is 0 Å². The van der Waals surface area contributed by atoms with Crippen LogP contribution in [0.5, 0.6) is 0 Å². The van der Waals surface area contributed by atoms with Gasteiger partial charge in [-0.2, -0.15) is 4.31 Å². The third kappa shape index (κ3) is 6.05. The third-order valence-corrected chi connectivity index (χ3v) is 10.4. The topological polar surface area (TPSA) is 113 Å². The van der Waals surface area contributed by atoms with Crippen LogP contribution in [0.25, 0.3) is 0 Å². The number of ether oxygens (including phenoxy) is 1. The summed E-state index contributed by atoms with van der Waals surface area (Å²) in [7, 11) is -7.64. The second kappa shape index (κ2) is 11.5. The van der Waals surface area contributed by atoms with Crippen LogP contribution in [0, 0.1) is 0 Å². The van der Waals surface area contributed by atoms with E-state index in [2.05, 4.69) is 4.72 Å². The lowest BCUT2D eigenvalue weighted by molar-refractivity contribution is 0.0300. The molecule has 196 valence electrons. The molecule has 9 nitrogen and oxygen atoms in total. The molecule has 12 heteroatoms. The Labute approximate surface area is 217 Å². The zero-order valence-electron chi connectivity index (χ0n) is 20.2. The molecule has 2 aromatic carbocycles. The van der Waals surface area contributed by atoms with Gasteiger partial charge in [0.2, 0.25) is 10.0 Å². The number of hydrogen-bond donors (Lipinski definition) is 1. The van der Waals surface area contributed by atoms with Crippen LogP contribution in [-0.4, -0.2) is 77.6 Å². The highest BCUT2D eigenvalue weighted by molar-refractivity contribution is 7.98. The van der Waals surface area contributed by atoms with Gasteiger partial charge in [0.15, 0.2) is 0 Å². The van der Waals surface area contributed by atoms with Crippen molar-refractivity contribution in [2.45, 2.75) is 40.4 Å². The molecule has 2 saturated heterocycles. The van der Waals surface area contributed by atoms with Crippen LogP contribution in [0.3, 0.4) is 0 Å². The van der Waals surface area contributed by atoms with Crippen LogP contribution in [-0.2, 0) is 24.8 Å². The highest BCUT2D eigenvalue weighted by Crippen LogP contribution is 2.27. The van der Waals surface area contributed by atoms with Crippen LogP contribution in [0.4, 0.5) is 5.69 Å². The third-order valence-electron chi connectivity index (χ3n) is 6.32. The van der Waals surface area contributed by atoms with E-state index in [4.69, 9.17) is 4.74 Å². The van der Waals surface area contributed by atoms with Gasteiger partial charge in [-0.3, -0.25) is 9.52 Å². The molecule has 4 rings (SSSR count). The van der Waals surface area contributed by atoms with Crippen molar-refractivity contribution in [3.63, 3.8) is 0 Å². The van der Waals surface area contributed by atoms with Crippen molar-refractivity contribution in [1.82, 2.24) is 9.21 Å². The number of carbonyl (C=O) groups is 1. The molecule has 1 amide bonds. The van der Waals surface area contributed by atoms with Crippen molar-refractivity contribution >= 4 is 43.4 Å². The van der Waals surface area contributed by atoms with E-state index < -0.39 is 20.0 Å².